The highest BCUT2D eigenvalue weighted by atomic mass is 16.7. The lowest BCUT2D eigenvalue weighted by Crippen LogP contribution is -2.63. The third-order valence-corrected chi connectivity index (χ3v) is 7.12. The van der Waals surface area contributed by atoms with Gasteiger partial charge in [0.15, 0.2) is 35.4 Å². The maximum absolute atomic E-state index is 13.0. The largest absolute Gasteiger partial charge is 0.507 e. The normalized spacial score (nSPS) is 31.8. The number of carbonyl (C=O) groups is 2. The fourth-order valence-electron chi connectivity index (χ4n) is 4.67. The van der Waals surface area contributed by atoms with E-state index in [1.54, 1.807) is 0 Å². The van der Waals surface area contributed by atoms with Crippen LogP contribution in [0.15, 0.2) is 45.6 Å². The predicted octanol–water partition coefficient (Wildman–Crippen LogP) is -3.37. The van der Waals surface area contributed by atoms with Gasteiger partial charge in [-0.1, -0.05) is 0 Å². The summed E-state index contributed by atoms with van der Waals surface area (Å²) in [5.74, 6) is -5.26. The number of fused-ring (bicyclic) bond motifs is 1. The monoisotopic (exact) mass is 638 g/mol. The average molecular weight is 638 g/mol. The quantitative estimate of drug-likeness (QED) is 0.0741. The number of aliphatic hydroxyl groups excluding tert-OH is 7. The summed E-state index contributed by atoms with van der Waals surface area (Å²) >= 11 is 0. The van der Waals surface area contributed by atoms with E-state index in [0.29, 0.717) is 0 Å². The smallest absolute Gasteiger partial charge is 0.343 e. The number of benzene rings is 2. The van der Waals surface area contributed by atoms with E-state index in [2.05, 4.69) is 0 Å². The van der Waals surface area contributed by atoms with Crippen LogP contribution >= 0.6 is 0 Å². The maximum Gasteiger partial charge on any atom is 0.343 e. The molecule has 3 heterocycles. The summed E-state index contributed by atoms with van der Waals surface area (Å²) in [6, 6.07) is 6.40. The number of phenols is 3. The van der Waals surface area contributed by atoms with Gasteiger partial charge in [-0.15, -0.1) is 0 Å². The topological polar surface area (TPSA) is 304 Å². The van der Waals surface area contributed by atoms with Crippen LogP contribution in [0, 0.1) is 0 Å². The molecule has 0 amide bonds. The minimum Gasteiger partial charge on any atom is -0.507 e. The summed E-state index contributed by atoms with van der Waals surface area (Å²) in [5, 5.41) is 99.4. The van der Waals surface area contributed by atoms with Crippen molar-refractivity contribution in [2.45, 2.75) is 61.4 Å². The maximum atomic E-state index is 13.0. The van der Waals surface area contributed by atoms with Crippen LogP contribution in [0.25, 0.3) is 22.3 Å². The molecular formula is C27H26O18. The SMILES string of the molecule is O=C(O[C@@H]1O[C@H](C(=O)Oc2cc(O)c3c(=O)cc(-c4ccc(O)c(O)c4)oc3c2)[C@@H](O)[C@H](O)[C@H]1O)[C@H]1O[C@@H](O)[C@H](O)[C@@H](O)[C@@H]1O. The zero-order valence-electron chi connectivity index (χ0n) is 22.5. The van der Waals surface area contributed by atoms with Crippen molar-refractivity contribution < 1.29 is 84.0 Å². The Labute approximate surface area is 249 Å². The number of esters is 2. The van der Waals surface area contributed by atoms with Crippen molar-refractivity contribution in [1.82, 2.24) is 0 Å². The van der Waals surface area contributed by atoms with Crippen molar-refractivity contribution in [3.63, 3.8) is 0 Å². The van der Waals surface area contributed by atoms with E-state index in [1.807, 2.05) is 0 Å². The molecule has 0 radical (unpaired) electrons. The molecule has 1 aromatic heterocycles. The van der Waals surface area contributed by atoms with Crippen molar-refractivity contribution in [1.29, 1.82) is 0 Å². The lowest BCUT2D eigenvalue weighted by Gasteiger charge is -2.40. The predicted molar refractivity (Wildman–Crippen MR) is 140 cm³/mol. The van der Waals surface area contributed by atoms with E-state index < -0.39 is 102 Å². The Bertz CT molecular complexity index is 1670. The zero-order chi connectivity index (χ0) is 32.9. The molecule has 0 aliphatic carbocycles. The van der Waals surface area contributed by atoms with Crippen molar-refractivity contribution >= 4 is 22.9 Å². The molecular weight excluding hydrogens is 612 g/mol. The lowest BCUT2D eigenvalue weighted by atomic mass is 9.98. The molecule has 0 bridgehead atoms. The van der Waals surface area contributed by atoms with Crippen LogP contribution in [0.4, 0.5) is 0 Å². The summed E-state index contributed by atoms with van der Waals surface area (Å²) in [4.78, 5) is 38.3. The second-order valence-electron chi connectivity index (χ2n) is 10.2. The Morgan fingerprint density at radius 1 is 0.667 bits per heavy atom. The Morgan fingerprint density at radius 2 is 1.31 bits per heavy atom. The highest BCUT2D eigenvalue weighted by Crippen LogP contribution is 2.35. The van der Waals surface area contributed by atoms with Crippen molar-refractivity contribution in [3.05, 3.63) is 46.6 Å². The second-order valence-corrected chi connectivity index (χ2v) is 10.2. The van der Waals surface area contributed by atoms with Crippen LogP contribution in [0.3, 0.4) is 0 Å². The van der Waals surface area contributed by atoms with E-state index in [1.165, 1.54) is 6.07 Å². The van der Waals surface area contributed by atoms with E-state index >= 15 is 0 Å². The van der Waals surface area contributed by atoms with Crippen LogP contribution in [-0.2, 0) is 23.8 Å². The molecule has 2 fully saturated rings. The molecule has 10 N–H and O–H groups in total. The lowest BCUT2D eigenvalue weighted by molar-refractivity contribution is -0.305. The van der Waals surface area contributed by atoms with Gasteiger partial charge < -0.3 is 74.4 Å². The van der Waals surface area contributed by atoms with Crippen LogP contribution in [0.1, 0.15) is 0 Å². The van der Waals surface area contributed by atoms with Crippen molar-refractivity contribution in [2.24, 2.45) is 0 Å². The first-order chi connectivity index (χ1) is 21.2. The Morgan fingerprint density at radius 3 is 1.98 bits per heavy atom. The molecule has 5 rings (SSSR count). The van der Waals surface area contributed by atoms with Gasteiger partial charge in [-0.25, -0.2) is 9.59 Å². The summed E-state index contributed by atoms with van der Waals surface area (Å²) in [6.45, 7) is 0. The number of hydrogen-bond donors (Lipinski definition) is 10. The first-order valence-corrected chi connectivity index (χ1v) is 13.0. The summed E-state index contributed by atoms with van der Waals surface area (Å²) in [6.07, 6.45) is -21.3. The first-order valence-electron chi connectivity index (χ1n) is 13.0. The highest BCUT2D eigenvalue weighted by molar-refractivity contribution is 5.87. The number of rotatable bonds is 5. The molecule has 2 aliphatic heterocycles. The molecule has 10 atom stereocenters. The molecule has 0 unspecified atom stereocenters. The van der Waals surface area contributed by atoms with E-state index in [4.69, 9.17) is 23.4 Å². The van der Waals surface area contributed by atoms with Crippen LogP contribution in [0.2, 0.25) is 0 Å². The van der Waals surface area contributed by atoms with Gasteiger partial charge in [0.25, 0.3) is 0 Å². The van der Waals surface area contributed by atoms with Gasteiger partial charge in [-0.2, -0.15) is 0 Å². The van der Waals surface area contributed by atoms with Gasteiger partial charge in [0, 0.05) is 23.8 Å². The minimum absolute atomic E-state index is 0.111. The molecule has 18 heteroatoms. The molecule has 2 aliphatic rings. The number of carbonyl (C=O) groups excluding carboxylic acids is 2. The third kappa shape index (κ3) is 6.01. The zero-order valence-corrected chi connectivity index (χ0v) is 22.5. The molecule has 0 spiro atoms. The number of aliphatic hydroxyl groups is 7. The molecule has 2 aromatic carbocycles. The van der Waals surface area contributed by atoms with Gasteiger partial charge in [-0.05, 0) is 18.2 Å². The minimum atomic E-state index is -2.21. The standard InChI is InChI=1S/C27H26O18/c28-9-2-1-7(3-10(9)29)13-6-12(31)15-11(30)4-8(5-14(15)42-13)41-25(39)23-19(35)17(33)21(37)27(44-23)45-26(40)22-18(34)16(32)20(36)24(38)43-22/h1-6,16-24,27-30,32-38H/t16-,17-,18-,19-,20+,21+,22-,23-,24+,27-/m0/s1. The summed E-state index contributed by atoms with van der Waals surface area (Å²) < 4.78 is 25.5. The highest BCUT2D eigenvalue weighted by Gasteiger charge is 2.52. The molecule has 45 heavy (non-hydrogen) atoms. The molecule has 2 saturated heterocycles. The van der Waals surface area contributed by atoms with E-state index in [0.717, 1.165) is 30.3 Å². The van der Waals surface area contributed by atoms with Gasteiger partial charge in [0.2, 0.25) is 6.29 Å². The fraction of sp³-hybridized carbons (Fsp3) is 0.370. The van der Waals surface area contributed by atoms with Crippen LogP contribution < -0.4 is 10.2 Å². The van der Waals surface area contributed by atoms with Gasteiger partial charge in [0.05, 0.1) is 0 Å². The Balaban J connectivity index is 1.36. The number of aromatic hydroxyl groups is 3. The third-order valence-electron chi connectivity index (χ3n) is 7.12. The summed E-state index contributed by atoms with van der Waals surface area (Å²) in [7, 11) is 0. The molecule has 0 saturated carbocycles. The Kier molecular flexibility index (Phi) is 8.68. The fourth-order valence-corrected chi connectivity index (χ4v) is 4.67. The average Bonchev–Trinajstić information content (AvgIpc) is 2.98. The van der Waals surface area contributed by atoms with Crippen molar-refractivity contribution in [2.75, 3.05) is 0 Å². The summed E-state index contributed by atoms with van der Waals surface area (Å²) in [5.41, 5.74) is -0.881. The van der Waals surface area contributed by atoms with Crippen molar-refractivity contribution in [3.8, 4) is 34.3 Å². The van der Waals surface area contributed by atoms with Crippen LogP contribution in [-0.4, -0.2) is 124 Å². The van der Waals surface area contributed by atoms with Gasteiger partial charge in [0.1, 0.15) is 64.9 Å². The van der Waals surface area contributed by atoms with Gasteiger partial charge >= 0.3 is 11.9 Å². The number of ether oxygens (including phenoxy) is 4. The van der Waals surface area contributed by atoms with E-state index in [-0.39, 0.29) is 22.3 Å². The van der Waals surface area contributed by atoms with Gasteiger partial charge in [-0.3, -0.25) is 4.79 Å². The first kappa shape index (κ1) is 32.0. The second kappa shape index (κ2) is 12.2. The molecule has 3 aromatic rings. The van der Waals surface area contributed by atoms with E-state index in [9.17, 15) is 65.4 Å². The Hall–Kier alpha value is -4.37. The number of phenolic OH excluding ortho intramolecular Hbond substituents is 3. The molecule has 18 nitrogen and oxygen atoms in total. The molecule has 242 valence electrons. The van der Waals surface area contributed by atoms with Crippen LogP contribution in [0.5, 0.6) is 23.0 Å². The number of hydrogen-bond acceptors (Lipinski definition) is 18.